The summed E-state index contributed by atoms with van der Waals surface area (Å²) < 4.78 is 0. The first-order valence-corrected chi connectivity index (χ1v) is 9.55. The molecular formula is C18H22O2S2. The third kappa shape index (κ3) is 6.67. The highest BCUT2D eigenvalue weighted by atomic mass is 32.2. The van der Waals surface area contributed by atoms with Gasteiger partial charge in [0.25, 0.3) is 0 Å². The topological polar surface area (TPSA) is 40.5 Å². The molecule has 0 amide bonds. The standard InChI is InChI=1S/C18H22O2S2/c19-15-5-9-17(10-6-15)21-13-3-1-2-4-14-22-18-11-7-16(20)8-12-18/h5-12,19-20H,1-4,13-14H2. The van der Waals surface area contributed by atoms with Crippen molar-refractivity contribution >= 4 is 23.5 Å². The molecule has 0 aromatic heterocycles. The molecule has 0 fully saturated rings. The lowest BCUT2D eigenvalue weighted by Crippen LogP contribution is -1.85. The second-order valence-electron chi connectivity index (χ2n) is 5.10. The Morgan fingerprint density at radius 2 is 0.909 bits per heavy atom. The van der Waals surface area contributed by atoms with Gasteiger partial charge in [0.2, 0.25) is 0 Å². The number of phenolic OH excluding ortho intramolecular Hbond substituents is 2. The number of benzene rings is 2. The van der Waals surface area contributed by atoms with E-state index in [9.17, 15) is 10.2 Å². The maximum atomic E-state index is 9.22. The average Bonchev–Trinajstić information content (AvgIpc) is 2.53. The second-order valence-corrected chi connectivity index (χ2v) is 7.44. The summed E-state index contributed by atoms with van der Waals surface area (Å²) in [6.07, 6.45) is 4.99. The third-order valence-corrected chi connectivity index (χ3v) is 5.45. The lowest BCUT2D eigenvalue weighted by atomic mass is 10.2. The smallest absolute Gasteiger partial charge is 0.115 e. The SMILES string of the molecule is Oc1ccc(SCCCCCCSc2ccc(O)cc2)cc1. The summed E-state index contributed by atoms with van der Waals surface area (Å²) in [5.41, 5.74) is 0. The molecule has 2 aromatic rings. The summed E-state index contributed by atoms with van der Waals surface area (Å²) in [5.74, 6) is 2.93. The van der Waals surface area contributed by atoms with Crippen molar-refractivity contribution in [3.05, 3.63) is 48.5 Å². The molecule has 0 atom stereocenters. The van der Waals surface area contributed by atoms with E-state index in [1.165, 1.54) is 35.5 Å². The highest BCUT2D eigenvalue weighted by molar-refractivity contribution is 7.99. The molecule has 0 radical (unpaired) electrons. The molecule has 2 nitrogen and oxygen atoms in total. The minimum Gasteiger partial charge on any atom is -0.508 e. The second kappa shape index (κ2) is 9.70. The van der Waals surface area contributed by atoms with Gasteiger partial charge in [-0.25, -0.2) is 0 Å². The van der Waals surface area contributed by atoms with Crippen molar-refractivity contribution in [3.8, 4) is 11.5 Å². The van der Waals surface area contributed by atoms with Crippen molar-refractivity contribution in [2.75, 3.05) is 11.5 Å². The molecule has 0 aliphatic heterocycles. The zero-order valence-electron chi connectivity index (χ0n) is 12.6. The minimum absolute atomic E-state index is 0.329. The van der Waals surface area contributed by atoms with Gasteiger partial charge in [-0.2, -0.15) is 0 Å². The summed E-state index contributed by atoms with van der Waals surface area (Å²) in [5, 5.41) is 18.4. The van der Waals surface area contributed by atoms with Crippen molar-refractivity contribution in [3.63, 3.8) is 0 Å². The molecule has 0 unspecified atom stereocenters. The van der Waals surface area contributed by atoms with Crippen LogP contribution < -0.4 is 0 Å². The molecular weight excluding hydrogens is 312 g/mol. The van der Waals surface area contributed by atoms with E-state index < -0.39 is 0 Å². The molecule has 0 heterocycles. The number of hydrogen-bond acceptors (Lipinski definition) is 4. The van der Waals surface area contributed by atoms with Crippen LogP contribution in [0.25, 0.3) is 0 Å². The Kier molecular flexibility index (Phi) is 7.54. The van der Waals surface area contributed by atoms with Crippen LogP contribution in [0.1, 0.15) is 25.7 Å². The van der Waals surface area contributed by atoms with Crippen LogP contribution >= 0.6 is 23.5 Å². The lowest BCUT2D eigenvalue weighted by molar-refractivity contribution is 0.474. The van der Waals surface area contributed by atoms with E-state index >= 15 is 0 Å². The first-order chi connectivity index (χ1) is 10.7. The maximum absolute atomic E-state index is 9.22. The Morgan fingerprint density at radius 3 is 1.27 bits per heavy atom. The summed E-state index contributed by atoms with van der Waals surface area (Å²) in [6.45, 7) is 0. The molecule has 22 heavy (non-hydrogen) atoms. The molecule has 0 saturated carbocycles. The first kappa shape index (κ1) is 17.1. The van der Waals surface area contributed by atoms with Crippen LogP contribution in [0.4, 0.5) is 0 Å². The summed E-state index contributed by atoms with van der Waals surface area (Å²) in [4.78, 5) is 2.45. The van der Waals surface area contributed by atoms with Crippen LogP contribution in [0.3, 0.4) is 0 Å². The molecule has 2 aromatic carbocycles. The van der Waals surface area contributed by atoms with Crippen LogP contribution in [-0.4, -0.2) is 21.7 Å². The van der Waals surface area contributed by atoms with Gasteiger partial charge < -0.3 is 10.2 Å². The average molecular weight is 335 g/mol. The normalized spacial score (nSPS) is 10.7. The van der Waals surface area contributed by atoms with Gasteiger partial charge in [0, 0.05) is 9.79 Å². The van der Waals surface area contributed by atoms with Gasteiger partial charge in [-0.15, -0.1) is 23.5 Å². The molecule has 2 rings (SSSR count). The van der Waals surface area contributed by atoms with Crippen molar-refractivity contribution in [1.29, 1.82) is 0 Å². The molecule has 0 aliphatic carbocycles. The predicted octanol–water partition coefficient (Wildman–Crippen LogP) is 5.54. The van der Waals surface area contributed by atoms with Crippen LogP contribution in [0, 0.1) is 0 Å². The number of aromatic hydroxyl groups is 2. The van der Waals surface area contributed by atoms with Gasteiger partial charge in [-0.1, -0.05) is 12.8 Å². The fraction of sp³-hybridized carbons (Fsp3) is 0.333. The molecule has 4 heteroatoms. The van der Waals surface area contributed by atoms with E-state index in [1.54, 1.807) is 24.3 Å². The molecule has 2 N–H and O–H groups in total. The van der Waals surface area contributed by atoms with Gasteiger partial charge in [0.15, 0.2) is 0 Å². The monoisotopic (exact) mass is 334 g/mol. The van der Waals surface area contributed by atoms with E-state index in [4.69, 9.17) is 0 Å². The van der Waals surface area contributed by atoms with Gasteiger partial charge >= 0.3 is 0 Å². The highest BCUT2D eigenvalue weighted by Gasteiger charge is 1.97. The largest absolute Gasteiger partial charge is 0.508 e. The molecule has 0 saturated heterocycles. The summed E-state index contributed by atoms with van der Waals surface area (Å²) >= 11 is 3.70. The zero-order chi connectivity index (χ0) is 15.6. The van der Waals surface area contributed by atoms with Crippen molar-refractivity contribution in [1.82, 2.24) is 0 Å². The minimum atomic E-state index is 0.329. The Hall–Kier alpha value is -1.26. The number of phenols is 2. The van der Waals surface area contributed by atoms with Crippen LogP contribution in [0.15, 0.2) is 58.3 Å². The number of thioether (sulfide) groups is 2. The van der Waals surface area contributed by atoms with Gasteiger partial charge in [0.05, 0.1) is 0 Å². The zero-order valence-corrected chi connectivity index (χ0v) is 14.2. The van der Waals surface area contributed by atoms with E-state index in [1.807, 2.05) is 47.8 Å². The molecule has 0 bridgehead atoms. The van der Waals surface area contributed by atoms with E-state index in [0.29, 0.717) is 11.5 Å². The first-order valence-electron chi connectivity index (χ1n) is 7.58. The van der Waals surface area contributed by atoms with Crippen molar-refractivity contribution < 1.29 is 10.2 Å². The van der Waals surface area contributed by atoms with Gasteiger partial charge in [-0.05, 0) is 72.9 Å². The maximum Gasteiger partial charge on any atom is 0.115 e. The van der Waals surface area contributed by atoms with Gasteiger partial charge in [-0.3, -0.25) is 0 Å². The predicted molar refractivity (Wildman–Crippen MR) is 96.1 cm³/mol. The third-order valence-electron chi connectivity index (χ3n) is 3.25. The quantitative estimate of drug-likeness (QED) is 0.466. The van der Waals surface area contributed by atoms with E-state index in [2.05, 4.69) is 0 Å². The fourth-order valence-electron chi connectivity index (χ4n) is 2.02. The van der Waals surface area contributed by atoms with Crippen molar-refractivity contribution in [2.24, 2.45) is 0 Å². The van der Waals surface area contributed by atoms with Crippen LogP contribution in [-0.2, 0) is 0 Å². The van der Waals surface area contributed by atoms with E-state index in [-0.39, 0.29) is 0 Å². The Balaban J connectivity index is 1.47. The molecule has 118 valence electrons. The van der Waals surface area contributed by atoms with Crippen molar-refractivity contribution in [2.45, 2.75) is 35.5 Å². The Morgan fingerprint density at radius 1 is 0.545 bits per heavy atom. The van der Waals surface area contributed by atoms with Gasteiger partial charge in [0.1, 0.15) is 11.5 Å². The number of hydrogen-bond donors (Lipinski definition) is 2. The van der Waals surface area contributed by atoms with Crippen LogP contribution in [0.5, 0.6) is 11.5 Å². The Bertz CT molecular complexity index is 487. The summed E-state index contributed by atoms with van der Waals surface area (Å²) in [6, 6.07) is 14.8. The van der Waals surface area contributed by atoms with Crippen LogP contribution in [0.2, 0.25) is 0 Å². The fourth-order valence-corrected chi connectivity index (χ4v) is 3.85. The number of unbranched alkanes of at least 4 members (excludes halogenated alkanes) is 3. The Labute approximate surface area is 141 Å². The lowest BCUT2D eigenvalue weighted by Gasteiger charge is -2.03. The molecule has 0 aliphatic rings. The van der Waals surface area contributed by atoms with E-state index in [0.717, 1.165) is 11.5 Å². The highest BCUT2D eigenvalue weighted by Crippen LogP contribution is 2.24. The summed E-state index contributed by atoms with van der Waals surface area (Å²) in [7, 11) is 0. The number of rotatable bonds is 9. The molecule has 0 spiro atoms.